The van der Waals surface area contributed by atoms with E-state index in [0.29, 0.717) is 30.0 Å². The molecule has 0 radical (unpaired) electrons. The van der Waals surface area contributed by atoms with Gasteiger partial charge in [-0.05, 0) is 52.7 Å². The van der Waals surface area contributed by atoms with Crippen LogP contribution >= 0.6 is 15.9 Å². The van der Waals surface area contributed by atoms with E-state index < -0.39 is 6.10 Å². The Morgan fingerprint density at radius 1 is 1.37 bits per heavy atom. The highest BCUT2D eigenvalue weighted by Gasteiger charge is 2.16. The molecule has 1 N–H and O–H groups in total. The van der Waals surface area contributed by atoms with Crippen molar-refractivity contribution in [2.45, 2.75) is 19.6 Å². The summed E-state index contributed by atoms with van der Waals surface area (Å²) in [4.78, 5) is 18.9. The van der Waals surface area contributed by atoms with Gasteiger partial charge in [-0.25, -0.2) is 9.37 Å². The minimum absolute atomic E-state index is 0.261. The zero-order chi connectivity index (χ0) is 19.2. The van der Waals surface area contributed by atoms with Gasteiger partial charge in [0.15, 0.2) is 6.10 Å². The summed E-state index contributed by atoms with van der Waals surface area (Å²) in [6, 6.07) is 7.95. The topological polar surface area (TPSA) is 63.7 Å². The number of hydrogen-bond donors (Lipinski definition) is 1. The summed E-state index contributed by atoms with van der Waals surface area (Å²) in [5.41, 5.74) is 0.899. The molecule has 27 heavy (non-hydrogen) atoms. The maximum Gasteiger partial charge on any atom is 0.261 e. The number of benzene rings is 1. The number of nitrogens with zero attached hydrogens (tertiary/aromatic N) is 2. The molecule has 1 aromatic carbocycles. The summed E-state index contributed by atoms with van der Waals surface area (Å²) in [6.07, 6.45) is 1.04. The molecule has 1 aromatic heterocycles. The summed E-state index contributed by atoms with van der Waals surface area (Å²) in [5.74, 6) is 0.685. The highest BCUT2D eigenvalue weighted by molar-refractivity contribution is 9.10. The number of rotatable bonds is 6. The van der Waals surface area contributed by atoms with Crippen LogP contribution in [0, 0.1) is 5.82 Å². The van der Waals surface area contributed by atoms with Crippen LogP contribution in [0.3, 0.4) is 0 Å². The Kier molecular flexibility index (Phi) is 6.63. The highest BCUT2D eigenvalue weighted by Crippen LogP contribution is 2.26. The first-order chi connectivity index (χ1) is 13.0. The fourth-order valence-electron chi connectivity index (χ4n) is 2.65. The van der Waals surface area contributed by atoms with Crippen LogP contribution in [0.4, 0.5) is 10.2 Å². The Balaban J connectivity index is 1.50. The number of morpholine rings is 1. The lowest BCUT2D eigenvalue weighted by atomic mass is 10.2. The SMILES string of the molecule is CC(Oc1ccc(F)cc1Br)C(=O)NCc1ccc(N2CCOCC2)nc1. The number of nitrogens with one attached hydrogen (secondary N) is 1. The minimum Gasteiger partial charge on any atom is -0.480 e. The number of aromatic nitrogens is 1. The third kappa shape index (κ3) is 5.40. The van der Waals surface area contributed by atoms with Crippen LogP contribution in [-0.4, -0.2) is 43.3 Å². The van der Waals surface area contributed by atoms with Gasteiger partial charge in [-0.1, -0.05) is 6.07 Å². The molecule has 0 spiro atoms. The largest absolute Gasteiger partial charge is 0.480 e. The van der Waals surface area contributed by atoms with Crippen LogP contribution in [0.25, 0.3) is 0 Å². The van der Waals surface area contributed by atoms with Gasteiger partial charge in [-0.3, -0.25) is 4.79 Å². The van der Waals surface area contributed by atoms with Gasteiger partial charge < -0.3 is 19.7 Å². The lowest BCUT2D eigenvalue weighted by molar-refractivity contribution is -0.127. The summed E-state index contributed by atoms with van der Waals surface area (Å²) < 4.78 is 24.5. The molecule has 0 aliphatic carbocycles. The molecule has 1 aliphatic rings. The molecule has 0 bridgehead atoms. The van der Waals surface area contributed by atoms with E-state index >= 15 is 0 Å². The third-order valence-corrected chi connectivity index (χ3v) is 4.80. The summed E-state index contributed by atoms with van der Waals surface area (Å²) >= 11 is 3.22. The van der Waals surface area contributed by atoms with Crippen LogP contribution < -0.4 is 15.0 Å². The van der Waals surface area contributed by atoms with Crippen LogP contribution in [-0.2, 0) is 16.1 Å². The van der Waals surface area contributed by atoms with Crippen LogP contribution in [0.2, 0.25) is 0 Å². The summed E-state index contributed by atoms with van der Waals surface area (Å²) in [6.45, 7) is 5.08. The van der Waals surface area contributed by atoms with Gasteiger partial charge in [0.1, 0.15) is 17.4 Å². The minimum atomic E-state index is -0.715. The van der Waals surface area contributed by atoms with Crippen LogP contribution in [0.15, 0.2) is 41.0 Å². The molecule has 2 aromatic rings. The van der Waals surface area contributed by atoms with Gasteiger partial charge in [-0.2, -0.15) is 0 Å². The molecule has 1 amide bonds. The van der Waals surface area contributed by atoms with Gasteiger partial charge in [-0.15, -0.1) is 0 Å². The van der Waals surface area contributed by atoms with E-state index in [4.69, 9.17) is 9.47 Å². The number of anilines is 1. The summed E-state index contributed by atoms with van der Waals surface area (Å²) in [5, 5.41) is 2.82. The van der Waals surface area contributed by atoms with Crippen molar-refractivity contribution in [3.05, 3.63) is 52.4 Å². The normalized spacial score (nSPS) is 15.3. The Morgan fingerprint density at radius 3 is 2.81 bits per heavy atom. The van der Waals surface area contributed by atoms with E-state index in [1.165, 1.54) is 18.2 Å². The first-order valence-corrected chi connectivity index (χ1v) is 9.49. The standard InChI is InChI=1S/C19H21BrFN3O3/c1-13(27-17-4-3-15(21)10-16(17)20)19(25)23-12-14-2-5-18(22-11-14)24-6-8-26-9-7-24/h2-5,10-11,13H,6-9,12H2,1H3,(H,23,25). The van der Waals surface area contributed by atoms with Crippen molar-refractivity contribution in [2.24, 2.45) is 0 Å². The van der Waals surface area contributed by atoms with E-state index in [1.807, 2.05) is 12.1 Å². The van der Waals surface area contributed by atoms with E-state index in [9.17, 15) is 9.18 Å². The molecule has 1 saturated heterocycles. The fourth-order valence-corrected chi connectivity index (χ4v) is 3.09. The van der Waals surface area contributed by atoms with Gasteiger partial charge in [0.2, 0.25) is 0 Å². The van der Waals surface area contributed by atoms with Crippen molar-refractivity contribution >= 4 is 27.7 Å². The molecular formula is C19H21BrFN3O3. The first-order valence-electron chi connectivity index (χ1n) is 8.70. The highest BCUT2D eigenvalue weighted by atomic mass is 79.9. The molecule has 3 rings (SSSR count). The second-order valence-corrected chi connectivity index (χ2v) is 7.03. The van der Waals surface area contributed by atoms with Crippen LogP contribution in [0.1, 0.15) is 12.5 Å². The molecule has 1 unspecified atom stereocenters. The first kappa shape index (κ1) is 19.6. The lowest BCUT2D eigenvalue weighted by Gasteiger charge is -2.27. The Hall–Kier alpha value is -2.19. The van der Waals surface area contributed by atoms with Gasteiger partial charge >= 0.3 is 0 Å². The van der Waals surface area contributed by atoms with E-state index in [1.54, 1.807) is 13.1 Å². The molecular weight excluding hydrogens is 417 g/mol. The average Bonchev–Trinajstić information content (AvgIpc) is 2.69. The molecule has 1 fully saturated rings. The quantitative estimate of drug-likeness (QED) is 0.752. The number of pyridine rings is 1. The smallest absolute Gasteiger partial charge is 0.261 e. The number of ether oxygens (including phenoxy) is 2. The second kappa shape index (κ2) is 9.14. The number of halogens is 2. The van der Waals surface area contributed by atoms with Crippen molar-refractivity contribution in [3.8, 4) is 5.75 Å². The fraction of sp³-hybridized carbons (Fsp3) is 0.368. The monoisotopic (exact) mass is 437 g/mol. The van der Waals surface area contributed by atoms with Crippen LogP contribution in [0.5, 0.6) is 5.75 Å². The van der Waals surface area contributed by atoms with Crippen molar-refractivity contribution < 1.29 is 18.7 Å². The average molecular weight is 438 g/mol. The zero-order valence-corrected chi connectivity index (χ0v) is 16.5. The number of carbonyl (C=O) groups excluding carboxylic acids is 1. The van der Waals surface area contributed by atoms with Gasteiger partial charge in [0, 0.05) is 25.8 Å². The molecule has 6 nitrogen and oxygen atoms in total. The molecule has 1 aliphatic heterocycles. The van der Waals surface area contributed by atoms with Gasteiger partial charge in [0.05, 0.1) is 17.7 Å². The number of hydrogen-bond acceptors (Lipinski definition) is 5. The van der Waals surface area contributed by atoms with E-state index in [-0.39, 0.29) is 11.7 Å². The van der Waals surface area contributed by atoms with E-state index in [0.717, 1.165) is 24.5 Å². The molecule has 1 atom stereocenters. The molecule has 144 valence electrons. The predicted molar refractivity (Wildman–Crippen MR) is 103 cm³/mol. The number of carbonyl (C=O) groups is 1. The third-order valence-electron chi connectivity index (χ3n) is 4.18. The zero-order valence-electron chi connectivity index (χ0n) is 15.0. The molecule has 0 saturated carbocycles. The Labute approximate surface area is 165 Å². The molecule has 8 heteroatoms. The van der Waals surface area contributed by atoms with E-state index in [2.05, 4.69) is 31.1 Å². The Morgan fingerprint density at radius 2 is 2.15 bits per heavy atom. The van der Waals surface area contributed by atoms with Gasteiger partial charge in [0.25, 0.3) is 5.91 Å². The maximum absolute atomic E-state index is 13.1. The lowest BCUT2D eigenvalue weighted by Crippen LogP contribution is -2.37. The van der Waals surface area contributed by atoms with Crippen molar-refractivity contribution in [3.63, 3.8) is 0 Å². The Bertz CT molecular complexity index is 782. The predicted octanol–water partition coefficient (Wildman–Crippen LogP) is 2.90. The number of amides is 1. The molecule has 2 heterocycles. The maximum atomic E-state index is 13.1. The van der Waals surface area contributed by atoms with Crippen molar-refractivity contribution in [2.75, 3.05) is 31.2 Å². The van der Waals surface area contributed by atoms with Crippen molar-refractivity contribution in [1.29, 1.82) is 0 Å². The van der Waals surface area contributed by atoms with Crippen molar-refractivity contribution in [1.82, 2.24) is 10.3 Å². The second-order valence-electron chi connectivity index (χ2n) is 6.18. The summed E-state index contributed by atoms with van der Waals surface area (Å²) in [7, 11) is 0.